The third-order valence-electron chi connectivity index (χ3n) is 3.95. The van der Waals surface area contributed by atoms with Gasteiger partial charge in [0.2, 0.25) is 0 Å². The van der Waals surface area contributed by atoms with Crippen molar-refractivity contribution in [2.75, 3.05) is 13.1 Å². The molecule has 0 aliphatic carbocycles. The molecule has 0 spiro atoms. The average Bonchev–Trinajstić information content (AvgIpc) is 2.87. The van der Waals surface area contributed by atoms with Gasteiger partial charge in [-0.3, -0.25) is 5.10 Å². The standard InChI is InChI=1S/C16H23N3/c1-5-19(6-2)11-15-10-17-18-16(15)14-8-7-12(3)13(4)9-14/h7-10H,5-6,11H2,1-4H3,(H,17,18)/p+1. The maximum absolute atomic E-state index is 4.23. The molecule has 0 amide bonds. The second kappa shape index (κ2) is 6.02. The first-order valence-corrected chi connectivity index (χ1v) is 7.09. The Bertz CT molecular complexity index is 539. The van der Waals surface area contributed by atoms with E-state index in [-0.39, 0.29) is 0 Å². The highest BCUT2D eigenvalue weighted by atomic mass is 15.1. The molecular formula is C16H24N3+. The number of aryl methyl sites for hydroxylation is 2. The van der Waals surface area contributed by atoms with Crippen molar-refractivity contribution < 1.29 is 4.90 Å². The molecule has 0 atom stereocenters. The Kier molecular flexibility index (Phi) is 4.38. The quantitative estimate of drug-likeness (QED) is 0.846. The van der Waals surface area contributed by atoms with Gasteiger partial charge in [0.1, 0.15) is 6.54 Å². The molecule has 1 aromatic carbocycles. The first kappa shape index (κ1) is 13.8. The van der Waals surface area contributed by atoms with Crippen LogP contribution in [0.4, 0.5) is 0 Å². The SMILES string of the molecule is CC[NH+](CC)Cc1cn[nH]c1-c1ccc(C)c(C)c1. The van der Waals surface area contributed by atoms with E-state index < -0.39 is 0 Å². The monoisotopic (exact) mass is 258 g/mol. The van der Waals surface area contributed by atoms with E-state index in [0.29, 0.717) is 0 Å². The van der Waals surface area contributed by atoms with E-state index in [1.165, 1.54) is 27.9 Å². The third kappa shape index (κ3) is 3.04. The van der Waals surface area contributed by atoms with Crippen LogP contribution in [0.2, 0.25) is 0 Å². The summed E-state index contributed by atoms with van der Waals surface area (Å²) in [5.74, 6) is 0. The van der Waals surface area contributed by atoms with E-state index in [4.69, 9.17) is 0 Å². The first-order valence-electron chi connectivity index (χ1n) is 7.09. The largest absolute Gasteiger partial charge is 0.332 e. The fourth-order valence-corrected chi connectivity index (χ4v) is 2.36. The summed E-state index contributed by atoms with van der Waals surface area (Å²) < 4.78 is 0. The van der Waals surface area contributed by atoms with Gasteiger partial charge < -0.3 is 4.90 Å². The highest BCUT2D eigenvalue weighted by molar-refractivity contribution is 5.63. The zero-order valence-electron chi connectivity index (χ0n) is 12.4. The van der Waals surface area contributed by atoms with Crippen molar-refractivity contribution in [3.8, 4) is 11.3 Å². The van der Waals surface area contributed by atoms with Crippen LogP contribution in [-0.4, -0.2) is 23.3 Å². The molecule has 0 unspecified atom stereocenters. The van der Waals surface area contributed by atoms with Gasteiger partial charge in [-0.15, -0.1) is 0 Å². The minimum absolute atomic E-state index is 1.03. The molecule has 1 heterocycles. The highest BCUT2D eigenvalue weighted by Gasteiger charge is 2.13. The van der Waals surface area contributed by atoms with Crippen LogP contribution in [0.1, 0.15) is 30.5 Å². The number of rotatable bonds is 5. The predicted molar refractivity (Wildman–Crippen MR) is 79.2 cm³/mol. The Morgan fingerprint density at radius 3 is 2.47 bits per heavy atom. The summed E-state index contributed by atoms with van der Waals surface area (Å²) in [6.45, 7) is 12.1. The molecular weight excluding hydrogens is 234 g/mol. The lowest BCUT2D eigenvalue weighted by molar-refractivity contribution is -0.910. The number of nitrogens with one attached hydrogen (secondary N) is 2. The molecule has 3 heteroatoms. The maximum atomic E-state index is 4.23. The zero-order valence-corrected chi connectivity index (χ0v) is 12.4. The van der Waals surface area contributed by atoms with E-state index in [1.54, 1.807) is 4.90 Å². The maximum Gasteiger partial charge on any atom is 0.106 e. The van der Waals surface area contributed by atoms with E-state index >= 15 is 0 Å². The Morgan fingerprint density at radius 1 is 1.11 bits per heavy atom. The summed E-state index contributed by atoms with van der Waals surface area (Å²) in [5.41, 5.74) is 6.37. The second-order valence-electron chi connectivity index (χ2n) is 5.20. The molecule has 2 rings (SSSR count). The molecule has 1 aromatic heterocycles. The summed E-state index contributed by atoms with van der Waals surface area (Å²) in [7, 11) is 0. The lowest BCUT2D eigenvalue weighted by Crippen LogP contribution is -3.10. The van der Waals surface area contributed by atoms with Gasteiger partial charge in [-0.25, -0.2) is 0 Å². The first-order chi connectivity index (χ1) is 9.15. The Labute approximate surface area is 115 Å². The van der Waals surface area contributed by atoms with Crippen molar-refractivity contribution >= 4 is 0 Å². The molecule has 3 nitrogen and oxygen atoms in total. The molecule has 0 radical (unpaired) electrons. The molecule has 102 valence electrons. The number of H-pyrrole nitrogens is 1. The Balaban J connectivity index is 2.30. The number of aromatic amines is 1. The van der Waals surface area contributed by atoms with Crippen molar-refractivity contribution in [3.05, 3.63) is 41.1 Å². The normalized spacial score (nSPS) is 11.2. The molecule has 0 bridgehead atoms. The summed E-state index contributed by atoms with van der Waals surface area (Å²) in [5, 5.41) is 7.39. The van der Waals surface area contributed by atoms with Gasteiger partial charge in [-0.2, -0.15) is 5.10 Å². The van der Waals surface area contributed by atoms with Crippen LogP contribution in [-0.2, 0) is 6.54 Å². The van der Waals surface area contributed by atoms with Crippen LogP contribution in [0.25, 0.3) is 11.3 Å². The molecule has 2 aromatic rings. The molecule has 2 N–H and O–H groups in total. The number of hydrogen-bond acceptors (Lipinski definition) is 1. The van der Waals surface area contributed by atoms with Gasteiger partial charge in [-0.1, -0.05) is 12.1 Å². The van der Waals surface area contributed by atoms with Gasteiger partial charge in [0.15, 0.2) is 0 Å². The third-order valence-corrected chi connectivity index (χ3v) is 3.95. The minimum Gasteiger partial charge on any atom is -0.332 e. The summed E-state index contributed by atoms with van der Waals surface area (Å²) in [6, 6.07) is 6.60. The Morgan fingerprint density at radius 2 is 1.84 bits per heavy atom. The highest BCUT2D eigenvalue weighted by Crippen LogP contribution is 2.23. The van der Waals surface area contributed by atoms with Crippen molar-refractivity contribution in [1.82, 2.24) is 10.2 Å². The number of nitrogens with zero attached hydrogens (tertiary/aromatic N) is 1. The minimum atomic E-state index is 1.03. The molecule has 0 fully saturated rings. The summed E-state index contributed by atoms with van der Waals surface area (Å²) in [4.78, 5) is 1.58. The number of quaternary nitrogens is 1. The average molecular weight is 258 g/mol. The van der Waals surface area contributed by atoms with Crippen LogP contribution in [0.15, 0.2) is 24.4 Å². The van der Waals surface area contributed by atoms with Crippen LogP contribution in [0.5, 0.6) is 0 Å². The van der Waals surface area contributed by atoms with Crippen molar-refractivity contribution in [1.29, 1.82) is 0 Å². The van der Waals surface area contributed by atoms with Crippen LogP contribution < -0.4 is 4.90 Å². The Hall–Kier alpha value is -1.61. The molecule has 0 aliphatic heterocycles. The van der Waals surface area contributed by atoms with Gasteiger partial charge in [0.25, 0.3) is 0 Å². The lowest BCUT2D eigenvalue weighted by atomic mass is 10.0. The van der Waals surface area contributed by atoms with E-state index in [1.807, 2.05) is 6.20 Å². The number of benzene rings is 1. The number of hydrogen-bond donors (Lipinski definition) is 2. The van der Waals surface area contributed by atoms with Crippen molar-refractivity contribution in [2.24, 2.45) is 0 Å². The number of aromatic nitrogens is 2. The van der Waals surface area contributed by atoms with Gasteiger partial charge >= 0.3 is 0 Å². The van der Waals surface area contributed by atoms with Gasteiger partial charge in [-0.05, 0) is 44.9 Å². The molecule has 0 saturated carbocycles. The van der Waals surface area contributed by atoms with Gasteiger partial charge in [0.05, 0.1) is 30.5 Å². The summed E-state index contributed by atoms with van der Waals surface area (Å²) in [6.07, 6.45) is 1.97. The molecule has 0 saturated heterocycles. The topological polar surface area (TPSA) is 33.1 Å². The molecule has 0 aliphatic rings. The fourth-order valence-electron chi connectivity index (χ4n) is 2.36. The van der Waals surface area contributed by atoms with Gasteiger partial charge in [0, 0.05) is 5.56 Å². The smallest absolute Gasteiger partial charge is 0.106 e. The lowest BCUT2D eigenvalue weighted by Gasteiger charge is -2.15. The zero-order chi connectivity index (χ0) is 13.8. The van der Waals surface area contributed by atoms with E-state index in [0.717, 1.165) is 19.6 Å². The van der Waals surface area contributed by atoms with Crippen LogP contribution >= 0.6 is 0 Å². The molecule has 19 heavy (non-hydrogen) atoms. The van der Waals surface area contributed by atoms with Crippen LogP contribution in [0.3, 0.4) is 0 Å². The fraction of sp³-hybridized carbons (Fsp3) is 0.438. The van der Waals surface area contributed by atoms with E-state index in [9.17, 15) is 0 Å². The van der Waals surface area contributed by atoms with Crippen molar-refractivity contribution in [2.45, 2.75) is 34.2 Å². The van der Waals surface area contributed by atoms with Crippen LogP contribution in [0, 0.1) is 13.8 Å². The summed E-state index contributed by atoms with van der Waals surface area (Å²) >= 11 is 0. The van der Waals surface area contributed by atoms with Crippen molar-refractivity contribution in [3.63, 3.8) is 0 Å². The second-order valence-corrected chi connectivity index (χ2v) is 5.20. The van der Waals surface area contributed by atoms with E-state index in [2.05, 4.69) is 56.1 Å². The predicted octanol–water partition coefficient (Wildman–Crippen LogP) is 2.12.